The molecule has 25 heavy (non-hydrogen) atoms. The minimum absolute atomic E-state index is 0.288. The molecule has 1 N–H and O–H groups in total. The number of hydrogen-bond donors (Lipinski definition) is 1. The van der Waals surface area contributed by atoms with E-state index in [1.54, 1.807) is 24.3 Å². The number of nitrogens with zero attached hydrogens (tertiary/aromatic N) is 3. The van der Waals surface area contributed by atoms with Gasteiger partial charge in [-0.2, -0.15) is 18.3 Å². The lowest BCUT2D eigenvalue weighted by atomic mass is 10.2. The Morgan fingerprint density at radius 3 is 2.76 bits per heavy atom. The number of carbonyl (C=O) groups excluding carboxylic acids is 2. The summed E-state index contributed by atoms with van der Waals surface area (Å²) in [5, 5.41) is 5.87. The number of cyclic esters (lactones) is 1. The molecule has 10 heteroatoms. The lowest BCUT2D eigenvalue weighted by molar-refractivity contribution is -0.141. The molecule has 0 spiro atoms. The third kappa shape index (κ3) is 3.90. The van der Waals surface area contributed by atoms with E-state index in [4.69, 9.17) is 4.74 Å². The largest absolute Gasteiger partial charge is 0.447 e. The maximum atomic E-state index is 12.5. The summed E-state index contributed by atoms with van der Waals surface area (Å²) >= 11 is 0. The highest BCUT2D eigenvalue weighted by molar-refractivity contribution is 5.93. The molecule has 1 aliphatic rings. The second kappa shape index (κ2) is 6.46. The van der Waals surface area contributed by atoms with Gasteiger partial charge < -0.3 is 10.1 Å². The van der Waals surface area contributed by atoms with E-state index >= 15 is 0 Å². The molecule has 0 aliphatic carbocycles. The summed E-state index contributed by atoms with van der Waals surface area (Å²) in [5.74, 6) is -0.544. The summed E-state index contributed by atoms with van der Waals surface area (Å²) in [7, 11) is 0. The van der Waals surface area contributed by atoms with E-state index in [0.717, 1.165) is 16.9 Å². The molecule has 2 heterocycles. The molecule has 1 aliphatic heterocycles. The van der Waals surface area contributed by atoms with Gasteiger partial charge in [-0.15, -0.1) is 0 Å². The number of aromatic nitrogens is 2. The zero-order valence-corrected chi connectivity index (χ0v) is 12.8. The van der Waals surface area contributed by atoms with Crippen LogP contribution in [-0.2, 0) is 22.3 Å². The summed E-state index contributed by atoms with van der Waals surface area (Å²) < 4.78 is 43.2. The monoisotopic (exact) mass is 354 g/mol. The van der Waals surface area contributed by atoms with Crippen LogP contribution in [0, 0.1) is 0 Å². The Morgan fingerprint density at radius 1 is 1.32 bits per heavy atom. The number of amides is 2. The van der Waals surface area contributed by atoms with Gasteiger partial charge in [-0.3, -0.25) is 14.4 Å². The van der Waals surface area contributed by atoms with Crippen LogP contribution >= 0.6 is 0 Å². The molecule has 1 aromatic carbocycles. The van der Waals surface area contributed by atoms with Gasteiger partial charge in [-0.25, -0.2) is 4.79 Å². The van der Waals surface area contributed by atoms with Crippen molar-refractivity contribution >= 4 is 23.4 Å². The second-order valence-corrected chi connectivity index (χ2v) is 5.26. The molecule has 1 saturated heterocycles. The Hall–Kier alpha value is -3.04. The number of benzene rings is 1. The first-order chi connectivity index (χ1) is 11.8. The molecule has 1 fully saturated rings. The molecule has 2 aromatic rings. The molecule has 132 valence electrons. The average Bonchev–Trinajstić information content (AvgIpc) is 3.16. The summed E-state index contributed by atoms with van der Waals surface area (Å²) in [6.45, 7) is 0.325. The number of nitrogens with one attached hydrogen (secondary N) is 1. The van der Waals surface area contributed by atoms with Gasteiger partial charge in [0.2, 0.25) is 5.91 Å². The third-order valence-electron chi connectivity index (χ3n) is 3.44. The van der Waals surface area contributed by atoms with Gasteiger partial charge in [0.15, 0.2) is 5.69 Å². The lowest BCUT2D eigenvalue weighted by Crippen LogP contribution is -2.24. The van der Waals surface area contributed by atoms with Crippen LogP contribution in [0.15, 0.2) is 36.5 Å². The normalized spacial score (nSPS) is 14.5. The Morgan fingerprint density at radius 2 is 2.12 bits per heavy atom. The zero-order valence-electron chi connectivity index (χ0n) is 12.8. The van der Waals surface area contributed by atoms with Crippen LogP contribution in [0.3, 0.4) is 0 Å². The minimum Gasteiger partial charge on any atom is -0.447 e. The molecule has 2 amide bonds. The molecule has 1 aromatic heterocycles. The first-order valence-corrected chi connectivity index (χ1v) is 7.28. The van der Waals surface area contributed by atoms with Crippen molar-refractivity contribution in [3.8, 4) is 0 Å². The van der Waals surface area contributed by atoms with Crippen molar-refractivity contribution in [1.82, 2.24) is 9.78 Å². The van der Waals surface area contributed by atoms with Crippen LogP contribution in [0.25, 0.3) is 0 Å². The molecular formula is C15H13F3N4O3. The van der Waals surface area contributed by atoms with E-state index in [9.17, 15) is 22.8 Å². The van der Waals surface area contributed by atoms with E-state index in [1.807, 2.05) is 0 Å². The zero-order chi connectivity index (χ0) is 18.0. The van der Waals surface area contributed by atoms with Crippen molar-refractivity contribution in [2.75, 3.05) is 23.4 Å². The maximum Gasteiger partial charge on any atom is 0.435 e. The van der Waals surface area contributed by atoms with Crippen LogP contribution in [-0.4, -0.2) is 34.9 Å². The molecule has 7 nitrogen and oxygen atoms in total. The highest BCUT2D eigenvalue weighted by Crippen LogP contribution is 2.27. The van der Waals surface area contributed by atoms with Gasteiger partial charge in [0, 0.05) is 17.6 Å². The maximum absolute atomic E-state index is 12.5. The SMILES string of the molecule is O=C(Cn1ccc(C(F)(F)F)n1)Nc1cccc(N2CCOC2=O)c1. The second-order valence-electron chi connectivity index (χ2n) is 5.26. The van der Waals surface area contributed by atoms with Crippen molar-refractivity contribution in [2.45, 2.75) is 12.7 Å². The molecular weight excluding hydrogens is 341 g/mol. The van der Waals surface area contributed by atoms with Crippen molar-refractivity contribution in [3.63, 3.8) is 0 Å². The fourth-order valence-electron chi connectivity index (χ4n) is 2.33. The van der Waals surface area contributed by atoms with Crippen LogP contribution in [0.5, 0.6) is 0 Å². The van der Waals surface area contributed by atoms with E-state index in [-0.39, 0.29) is 13.2 Å². The van der Waals surface area contributed by atoms with E-state index in [0.29, 0.717) is 17.9 Å². The van der Waals surface area contributed by atoms with Crippen molar-refractivity contribution in [2.24, 2.45) is 0 Å². The summed E-state index contributed by atoms with van der Waals surface area (Å²) in [4.78, 5) is 24.9. The smallest absolute Gasteiger partial charge is 0.435 e. The summed E-state index contributed by atoms with van der Waals surface area (Å²) in [5.41, 5.74) is -0.0982. The first kappa shape index (κ1) is 16.8. The lowest BCUT2D eigenvalue weighted by Gasteiger charge is -2.14. The Kier molecular flexibility index (Phi) is 4.34. The number of rotatable bonds is 4. The first-order valence-electron chi connectivity index (χ1n) is 7.28. The van der Waals surface area contributed by atoms with Crippen molar-refractivity contribution in [1.29, 1.82) is 0 Å². The van der Waals surface area contributed by atoms with Gasteiger partial charge in [0.1, 0.15) is 13.2 Å². The summed E-state index contributed by atoms with van der Waals surface area (Å²) in [6.07, 6.45) is -3.95. The quantitative estimate of drug-likeness (QED) is 0.915. The van der Waals surface area contributed by atoms with Crippen LogP contribution in [0.4, 0.5) is 29.3 Å². The molecule has 3 rings (SSSR count). The van der Waals surface area contributed by atoms with Crippen molar-refractivity contribution in [3.05, 3.63) is 42.2 Å². The number of hydrogen-bond acceptors (Lipinski definition) is 4. The Balaban J connectivity index is 1.65. The molecule has 0 atom stereocenters. The number of ether oxygens (including phenoxy) is 1. The Bertz CT molecular complexity index is 803. The van der Waals surface area contributed by atoms with Crippen LogP contribution in [0.2, 0.25) is 0 Å². The van der Waals surface area contributed by atoms with E-state index in [2.05, 4.69) is 10.4 Å². The van der Waals surface area contributed by atoms with Gasteiger partial charge in [-0.05, 0) is 24.3 Å². The summed E-state index contributed by atoms with van der Waals surface area (Å²) in [6, 6.07) is 7.31. The van der Waals surface area contributed by atoms with Crippen LogP contribution in [0.1, 0.15) is 5.69 Å². The van der Waals surface area contributed by atoms with Crippen molar-refractivity contribution < 1.29 is 27.5 Å². The molecule has 0 unspecified atom stereocenters. The van der Waals surface area contributed by atoms with Gasteiger partial charge in [0.05, 0.1) is 6.54 Å². The fourth-order valence-corrected chi connectivity index (χ4v) is 2.33. The van der Waals surface area contributed by atoms with E-state index < -0.39 is 23.9 Å². The number of anilines is 2. The number of carbonyl (C=O) groups is 2. The van der Waals surface area contributed by atoms with Crippen LogP contribution < -0.4 is 10.2 Å². The number of alkyl halides is 3. The average molecular weight is 354 g/mol. The minimum atomic E-state index is -4.56. The predicted molar refractivity (Wildman–Crippen MR) is 81.0 cm³/mol. The number of halogens is 3. The Labute approximate surface area is 140 Å². The van der Waals surface area contributed by atoms with E-state index in [1.165, 1.54) is 4.90 Å². The van der Waals surface area contributed by atoms with Gasteiger partial charge >= 0.3 is 12.3 Å². The molecule has 0 saturated carbocycles. The highest BCUT2D eigenvalue weighted by Gasteiger charge is 2.33. The van der Waals surface area contributed by atoms with Gasteiger partial charge in [-0.1, -0.05) is 6.07 Å². The fraction of sp³-hybridized carbons (Fsp3) is 0.267. The topological polar surface area (TPSA) is 76.5 Å². The molecule has 0 radical (unpaired) electrons. The standard InChI is InChI=1S/C15H13F3N4O3/c16-15(17,18)12-4-5-21(20-12)9-13(23)19-10-2-1-3-11(8-10)22-6-7-25-14(22)24/h1-5,8H,6-7,9H2,(H,19,23). The highest BCUT2D eigenvalue weighted by atomic mass is 19.4. The predicted octanol–water partition coefficient (Wildman–Crippen LogP) is 2.50. The third-order valence-corrected chi connectivity index (χ3v) is 3.44. The molecule has 0 bridgehead atoms. The van der Waals surface area contributed by atoms with Gasteiger partial charge in [0.25, 0.3) is 0 Å².